The van der Waals surface area contributed by atoms with E-state index in [1.54, 1.807) is 0 Å². The second kappa shape index (κ2) is 10.7. The third-order valence-corrected chi connectivity index (χ3v) is 4.74. The number of rotatable bonds is 6. The van der Waals surface area contributed by atoms with Gasteiger partial charge in [-0.3, -0.25) is 0 Å². The third kappa shape index (κ3) is 6.07. The summed E-state index contributed by atoms with van der Waals surface area (Å²) in [5, 5.41) is 15.1. The van der Waals surface area contributed by atoms with Gasteiger partial charge in [-0.1, -0.05) is 19.4 Å². The van der Waals surface area contributed by atoms with E-state index in [0.29, 0.717) is 19.1 Å². The second-order valence-electron chi connectivity index (χ2n) is 6.33. The number of guanidine groups is 1. The zero-order chi connectivity index (χ0) is 16.7. The van der Waals surface area contributed by atoms with Crippen LogP contribution in [0.3, 0.4) is 0 Å². The van der Waals surface area contributed by atoms with E-state index in [-0.39, 0.29) is 24.0 Å². The van der Waals surface area contributed by atoms with Gasteiger partial charge in [-0.2, -0.15) is 0 Å². The van der Waals surface area contributed by atoms with Crippen LogP contribution in [0.5, 0.6) is 0 Å². The molecule has 1 aromatic heterocycles. The highest BCUT2D eigenvalue weighted by Gasteiger charge is 2.20. The maximum Gasteiger partial charge on any atom is 0.192 e. The fourth-order valence-electron chi connectivity index (χ4n) is 2.97. The summed E-state index contributed by atoms with van der Waals surface area (Å²) in [6.45, 7) is 9.23. The van der Waals surface area contributed by atoms with Gasteiger partial charge in [-0.25, -0.2) is 4.99 Å². The minimum Gasteiger partial charge on any atom is -0.354 e. The Labute approximate surface area is 162 Å². The molecule has 2 rings (SSSR count). The van der Waals surface area contributed by atoms with Gasteiger partial charge in [0, 0.05) is 19.6 Å². The molecule has 0 spiro atoms. The first kappa shape index (κ1) is 20.9. The molecule has 24 heavy (non-hydrogen) atoms. The Hall–Kier alpha value is -1.12. The normalized spacial score (nSPS) is 21.0. The van der Waals surface area contributed by atoms with Crippen molar-refractivity contribution in [2.45, 2.75) is 58.5 Å². The predicted molar refractivity (Wildman–Crippen MR) is 110 cm³/mol. The number of hydrogen-bond donors (Lipinski definition) is 2. The zero-order valence-electron chi connectivity index (χ0n) is 15.1. The molecule has 6 nitrogen and oxygen atoms in total. The average molecular weight is 446 g/mol. The Morgan fingerprint density at radius 2 is 2.04 bits per heavy atom. The molecule has 1 fully saturated rings. The molecule has 0 aromatic carbocycles. The summed E-state index contributed by atoms with van der Waals surface area (Å²) >= 11 is 0. The molecular weight excluding hydrogens is 415 g/mol. The molecule has 1 aromatic rings. The monoisotopic (exact) mass is 446 g/mol. The number of nitrogens with one attached hydrogen (secondary N) is 2. The third-order valence-electron chi connectivity index (χ3n) is 4.74. The van der Waals surface area contributed by atoms with Crippen molar-refractivity contribution in [3.05, 3.63) is 24.3 Å². The summed E-state index contributed by atoms with van der Waals surface area (Å²) in [5.41, 5.74) is 0. The van der Waals surface area contributed by atoms with Crippen LogP contribution in [0.4, 0.5) is 0 Å². The molecule has 1 heterocycles. The number of aryl methyl sites for hydroxylation is 1. The fourth-order valence-corrected chi connectivity index (χ4v) is 2.97. The molecule has 0 radical (unpaired) electrons. The van der Waals surface area contributed by atoms with Crippen molar-refractivity contribution in [1.82, 2.24) is 25.4 Å². The standard InChI is InChI=1S/C17H30N6.HI/c1-5-11-18-17(19-12-16-22-21-13(3)23(16)4)20-15-9-7-14(6-2)8-10-15;/h5,14-15H,1,6-12H2,2-4H3,(H2,18,19,20);1H. The molecular formula is C17H31IN6. The summed E-state index contributed by atoms with van der Waals surface area (Å²) in [5.74, 6) is 3.51. The van der Waals surface area contributed by atoms with Crippen LogP contribution in [0.2, 0.25) is 0 Å². The van der Waals surface area contributed by atoms with Crippen LogP contribution in [-0.2, 0) is 13.6 Å². The van der Waals surface area contributed by atoms with E-state index in [1.807, 2.05) is 24.6 Å². The van der Waals surface area contributed by atoms with Crippen LogP contribution in [0.1, 0.15) is 50.7 Å². The number of aromatic nitrogens is 3. The summed E-state index contributed by atoms with van der Waals surface area (Å²) in [7, 11) is 1.97. The van der Waals surface area contributed by atoms with Crippen molar-refractivity contribution in [2.75, 3.05) is 6.54 Å². The predicted octanol–water partition coefficient (Wildman–Crippen LogP) is 2.93. The minimum atomic E-state index is 0. The first-order valence-electron chi connectivity index (χ1n) is 8.64. The highest BCUT2D eigenvalue weighted by Crippen LogP contribution is 2.26. The van der Waals surface area contributed by atoms with E-state index in [9.17, 15) is 0 Å². The lowest BCUT2D eigenvalue weighted by atomic mass is 9.84. The minimum absolute atomic E-state index is 0. The molecule has 0 amide bonds. The van der Waals surface area contributed by atoms with E-state index in [2.05, 4.69) is 39.3 Å². The summed E-state index contributed by atoms with van der Waals surface area (Å²) in [6, 6.07) is 0.509. The van der Waals surface area contributed by atoms with Gasteiger partial charge in [-0.05, 0) is 38.5 Å². The maximum absolute atomic E-state index is 4.66. The first-order chi connectivity index (χ1) is 11.1. The Kier molecular flexibility index (Phi) is 9.31. The van der Waals surface area contributed by atoms with Gasteiger partial charge in [0.25, 0.3) is 0 Å². The van der Waals surface area contributed by atoms with Crippen molar-refractivity contribution in [1.29, 1.82) is 0 Å². The molecule has 2 N–H and O–H groups in total. The van der Waals surface area contributed by atoms with Gasteiger partial charge in [0.15, 0.2) is 11.8 Å². The van der Waals surface area contributed by atoms with Crippen molar-refractivity contribution in [3.8, 4) is 0 Å². The lowest BCUT2D eigenvalue weighted by Crippen LogP contribution is -2.45. The lowest BCUT2D eigenvalue weighted by molar-refractivity contribution is 0.304. The van der Waals surface area contributed by atoms with Gasteiger partial charge in [-0.15, -0.1) is 40.8 Å². The van der Waals surface area contributed by atoms with Gasteiger partial charge in [0.2, 0.25) is 0 Å². The fraction of sp³-hybridized carbons (Fsp3) is 0.706. The molecule has 7 heteroatoms. The van der Waals surface area contributed by atoms with Gasteiger partial charge in [0.1, 0.15) is 12.4 Å². The number of nitrogens with zero attached hydrogens (tertiary/aromatic N) is 4. The first-order valence-corrected chi connectivity index (χ1v) is 8.64. The van der Waals surface area contributed by atoms with Crippen molar-refractivity contribution < 1.29 is 0 Å². The van der Waals surface area contributed by atoms with E-state index in [1.165, 1.54) is 32.1 Å². The molecule has 1 saturated carbocycles. The molecule has 0 bridgehead atoms. The van der Waals surface area contributed by atoms with Crippen molar-refractivity contribution >= 4 is 29.9 Å². The van der Waals surface area contributed by atoms with Crippen LogP contribution in [0.25, 0.3) is 0 Å². The van der Waals surface area contributed by atoms with E-state index in [0.717, 1.165) is 23.5 Å². The maximum atomic E-state index is 4.66. The Morgan fingerprint density at radius 1 is 1.33 bits per heavy atom. The molecule has 136 valence electrons. The van der Waals surface area contributed by atoms with Gasteiger partial charge < -0.3 is 15.2 Å². The average Bonchev–Trinajstić information content (AvgIpc) is 2.89. The molecule has 1 aliphatic carbocycles. The molecule has 0 aliphatic heterocycles. The quantitative estimate of drug-likeness (QED) is 0.305. The summed E-state index contributed by atoms with van der Waals surface area (Å²) < 4.78 is 1.97. The molecule has 0 atom stereocenters. The van der Waals surface area contributed by atoms with Gasteiger partial charge >= 0.3 is 0 Å². The highest BCUT2D eigenvalue weighted by molar-refractivity contribution is 14.0. The largest absolute Gasteiger partial charge is 0.354 e. The molecule has 0 saturated heterocycles. The molecule has 0 unspecified atom stereocenters. The van der Waals surface area contributed by atoms with Crippen LogP contribution >= 0.6 is 24.0 Å². The van der Waals surface area contributed by atoms with E-state index in [4.69, 9.17) is 0 Å². The number of hydrogen-bond acceptors (Lipinski definition) is 3. The topological polar surface area (TPSA) is 67.1 Å². The summed E-state index contributed by atoms with van der Waals surface area (Å²) in [6.07, 6.45) is 8.20. The van der Waals surface area contributed by atoms with Crippen molar-refractivity contribution in [3.63, 3.8) is 0 Å². The second-order valence-corrected chi connectivity index (χ2v) is 6.33. The smallest absolute Gasteiger partial charge is 0.192 e. The Morgan fingerprint density at radius 3 is 2.58 bits per heavy atom. The Bertz CT molecular complexity index is 531. The van der Waals surface area contributed by atoms with E-state index >= 15 is 0 Å². The van der Waals surface area contributed by atoms with Crippen LogP contribution in [-0.4, -0.2) is 33.3 Å². The Balaban J connectivity index is 0.00000288. The molecule has 1 aliphatic rings. The number of halogens is 1. The van der Waals surface area contributed by atoms with Gasteiger partial charge in [0.05, 0.1) is 0 Å². The lowest BCUT2D eigenvalue weighted by Gasteiger charge is -2.29. The zero-order valence-corrected chi connectivity index (χ0v) is 17.4. The van der Waals surface area contributed by atoms with Crippen LogP contribution in [0.15, 0.2) is 17.6 Å². The van der Waals surface area contributed by atoms with Crippen LogP contribution < -0.4 is 10.6 Å². The SMILES string of the molecule is C=CCNC(=NCc1nnc(C)n1C)NC1CCC(CC)CC1.I. The van der Waals surface area contributed by atoms with Crippen LogP contribution in [0, 0.1) is 12.8 Å². The summed E-state index contributed by atoms with van der Waals surface area (Å²) in [4.78, 5) is 4.66. The van der Waals surface area contributed by atoms with Crippen molar-refractivity contribution in [2.24, 2.45) is 18.0 Å². The van der Waals surface area contributed by atoms with E-state index < -0.39 is 0 Å². The number of aliphatic imine (C=N–C) groups is 1. The highest BCUT2D eigenvalue weighted by atomic mass is 127.